The first kappa shape index (κ1) is 17.6. The van der Waals surface area contributed by atoms with Gasteiger partial charge in [0.05, 0.1) is 0 Å². The van der Waals surface area contributed by atoms with Crippen molar-refractivity contribution >= 4 is 17.7 Å². The van der Waals surface area contributed by atoms with Crippen molar-refractivity contribution in [1.29, 1.82) is 0 Å². The second-order valence-electron chi connectivity index (χ2n) is 6.96. The van der Waals surface area contributed by atoms with Crippen molar-refractivity contribution in [3.05, 3.63) is 66.0 Å². The summed E-state index contributed by atoms with van der Waals surface area (Å²) >= 11 is 1.32. The number of benzene rings is 2. The molecular weight excluding hydrogens is 347 g/mol. The number of fused-ring (bicyclic) bond motifs is 2. The molecule has 2 heterocycles. The van der Waals surface area contributed by atoms with Gasteiger partial charge in [0.1, 0.15) is 11.1 Å². The lowest BCUT2D eigenvalue weighted by Gasteiger charge is -2.31. The van der Waals surface area contributed by atoms with E-state index in [0.717, 1.165) is 37.9 Å². The number of hydrogen-bond donors (Lipinski definition) is 1. The van der Waals surface area contributed by atoms with E-state index in [1.54, 1.807) is 12.1 Å². The van der Waals surface area contributed by atoms with Crippen molar-refractivity contribution in [1.82, 2.24) is 10.2 Å². The molecule has 1 amide bonds. The molecule has 0 aromatic heterocycles. The van der Waals surface area contributed by atoms with E-state index in [0.29, 0.717) is 10.9 Å². The van der Waals surface area contributed by atoms with Gasteiger partial charge in [-0.25, -0.2) is 4.39 Å². The predicted octanol–water partition coefficient (Wildman–Crippen LogP) is 4.01. The largest absolute Gasteiger partial charge is 0.334 e. The zero-order valence-electron chi connectivity index (χ0n) is 14.6. The lowest BCUT2D eigenvalue weighted by atomic mass is 10.1. The summed E-state index contributed by atoms with van der Waals surface area (Å²) in [5, 5.41) is 3.02. The van der Waals surface area contributed by atoms with Crippen LogP contribution >= 0.6 is 11.8 Å². The number of carbonyl (C=O) groups excluding carboxylic acids is 1. The van der Waals surface area contributed by atoms with Gasteiger partial charge >= 0.3 is 0 Å². The second-order valence-corrected chi connectivity index (χ2v) is 8.11. The summed E-state index contributed by atoms with van der Waals surface area (Å²) in [5.74, 6) is -0.160. The Bertz CT molecular complexity index is 756. The van der Waals surface area contributed by atoms with Crippen molar-refractivity contribution in [3.8, 4) is 0 Å². The average Bonchev–Trinajstić information content (AvgIpc) is 2.94. The van der Waals surface area contributed by atoms with Gasteiger partial charge in [0.2, 0.25) is 5.91 Å². The Labute approximate surface area is 158 Å². The molecule has 2 saturated heterocycles. The van der Waals surface area contributed by atoms with E-state index in [9.17, 15) is 9.18 Å². The summed E-state index contributed by atoms with van der Waals surface area (Å²) in [6.07, 6.45) is 3.12. The van der Waals surface area contributed by atoms with Gasteiger partial charge in [0, 0.05) is 23.5 Å². The highest BCUT2D eigenvalue weighted by molar-refractivity contribution is 8.00. The molecule has 1 N–H and O–H groups in total. The van der Waals surface area contributed by atoms with E-state index in [1.165, 1.54) is 17.8 Å². The number of hydrogen-bond acceptors (Lipinski definition) is 3. The third kappa shape index (κ3) is 3.51. The van der Waals surface area contributed by atoms with Crippen molar-refractivity contribution in [2.75, 3.05) is 13.1 Å². The van der Waals surface area contributed by atoms with E-state index in [1.807, 2.05) is 36.4 Å². The highest BCUT2D eigenvalue weighted by Crippen LogP contribution is 2.41. The maximum Gasteiger partial charge on any atom is 0.241 e. The standard InChI is InChI=1S/C21H23FN2OS/c22-18-8-4-5-9-19(18)26-20(15-6-2-1-3-7-15)21(25)24-16-10-11-17(24)14-23-13-12-16/h1-9,16-17,20,23H,10-14H2. The van der Waals surface area contributed by atoms with Crippen molar-refractivity contribution in [2.24, 2.45) is 0 Å². The van der Waals surface area contributed by atoms with E-state index >= 15 is 0 Å². The highest BCUT2D eigenvalue weighted by Gasteiger charge is 2.41. The maximum atomic E-state index is 14.2. The van der Waals surface area contributed by atoms with Crippen LogP contribution in [-0.4, -0.2) is 36.0 Å². The molecule has 0 spiro atoms. The molecular formula is C21H23FN2OS. The Morgan fingerprint density at radius 3 is 2.58 bits per heavy atom. The van der Waals surface area contributed by atoms with Crippen molar-refractivity contribution < 1.29 is 9.18 Å². The number of thioether (sulfide) groups is 1. The third-order valence-corrected chi connectivity index (χ3v) is 6.61. The molecule has 3 unspecified atom stereocenters. The van der Waals surface area contributed by atoms with Gasteiger partial charge in [-0.15, -0.1) is 11.8 Å². The van der Waals surface area contributed by atoms with Crippen LogP contribution < -0.4 is 5.32 Å². The maximum absolute atomic E-state index is 14.2. The summed E-state index contributed by atoms with van der Waals surface area (Å²) < 4.78 is 14.2. The normalized spacial score (nSPS) is 23.5. The van der Waals surface area contributed by atoms with E-state index in [-0.39, 0.29) is 17.8 Å². The van der Waals surface area contributed by atoms with Crippen LogP contribution in [0.15, 0.2) is 59.5 Å². The van der Waals surface area contributed by atoms with Crippen LogP contribution in [0.4, 0.5) is 4.39 Å². The fourth-order valence-electron chi connectivity index (χ4n) is 4.03. The Kier molecular flexibility index (Phi) is 5.27. The first-order valence-corrected chi connectivity index (χ1v) is 10.1. The van der Waals surface area contributed by atoms with Gasteiger partial charge in [-0.2, -0.15) is 0 Å². The molecule has 3 nitrogen and oxygen atoms in total. The first-order chi connectivity index (χ1) is 12.7. The van der Waals surface area contributed by atoms with Crippen LogP contribution in [0.25, 0.3) is 0 Å². The molecule has 2 aliphatic heterocycles. The van der Waals surface area contributed by atoms with Gasteiger partial charge in [0.15, 0.2) is 0 Å². The molecule has 2 aliphatic rings. The molecule has 0 saturated carbocycles. The highest BCUT2D eigenvalue weighted by atomic mass is 32.2. The molecule has 2 bridgehead atoms. The zero-order chi connectivity index (χ0) is 17.9. The van der Waals surface area contributed by atoms with E-state index < -0.39 is 5.25 Å². The molecule has 2 fully saturated rings. The molecule has 136 valence electrons. The predicted molar refractivity (Wildman–Crippen MR) is 103 cm³/mol. The Hall–Kier alpha value is -1.85. The average molecular weight is 370 g/mol. The molecule has 0 aliphatic carbocycles. The van der Waals surface area contributed by atoms with Gasteiger partial charge in [-0.05, 0) is 43.5 Å². The monoisotopic (exact) mass is 370 g/mol. The molecule has 2 aromatic rings. The minimum atomic E-state index is -0.422. The SMILES string of the molecule is O=C(C(Sc1ccccc1F)c1ccccc1)N1C2CCNCC1CC2. The van der Waals surface area contributed by atoms with E-state index in [4.69, 9.17) is 0 Å². The smallest absolute Gasteiger partial charge is 0.241 e. The first-order valence-electron chi connectivity index (χ1n) is 9.23. The Morgan fingerprint density at radius 2 is 1.77 bits per heavy atom. The molecule has 4 rings (SSSR count). The summed E-state index contributed by atoms with van der Waals surface area (Å²) in [4.78, 5) is 16.2. The van der Waals surface area contributed by atoms with Gasteiger partial charge in [0.25, 0.3) is 0 Å². The van der Waals surface area contributed by atoms with Crippen LogP contribution in [0.3, 0.4) is 0 Å². The molecule has 5 heteroatoms. The lowest BCUT2D eigenvalue weighted by Crippen LogP contribution is -2.44. The topological polar surface area (TPSA) is 32.3 Å². The Morgan fingerprint density at radius 1 is 1.04 bits per heavy atom. The van der Waals surface area contributed by atoms with Crippen LogP contribution in [0.5, 0.6) is 0 Å². The van der Waals surface area contributed by atoms with Crippen LogP contribution in [0, 0.1) is 5.82 Å². The number of carbonyl (C=O) groups is 1. The minimum Gasteiger partial charge on any atom is -0.334 e. The number of nitrogens with zero attached hydrogens (tertiary/aromatic N) is 1. The lowest BCUT2D eigenvalue weighted by molar-refractivity contribution is -0.133. The summed E-state index contributed by atoms with van der Waals surface area (Å²) in [5.41, 5.74) is 0.933. The van der Waals surface area contributed by atoms with Gasteiger partial charge in [-0.3, -0.25) is 4.79 Å². The summed E-state index contributed by atoms with van der Waals surface area (Å²) in [6.45, 7) is 1.82. The quantitative estimate of drug-likeness (QED) is 0.826. The third-order valence-electron chi connectivity index (χ3n) is 5.32. The number of nitrogens with one attached hydrogen (secondary N) is 1. The Balaban J connectivity index is 1.66. The molecule has 3 atom stereocenters. The van der Waals surface area contributed by atoms with Crippen LogP contribution in [0.2, 0.25) is 0 Å². The van der Waals surface area contributed by atoms with Crippen LogP contribution in [0.1, 0.15) is 30.1 Å². The van der Waals surface area contributed by atoms with Crippen molar-refractivity contribution in [3.63, 3.8) is 0 Å². The second kappa shape index (κ2) is 7.80. The van der Waals surface area contributed by atoms with Crippen LogP contribution in [-0.2, 0) is 4.79 Å². The molecule has 26 heavy (non-hydrogen) atoms. The van der Waals surface area contributed by atoms with E-state index in [2.05, 4.69) is 10.2 Å². The summed E-state index contributed by atoms with van der Waals surface area (Å²) in [7, 11) is 0. The number of amides is 1. The van der Waals surface area contributed by atoms with Gasteiger partial charge < -0.3 is 10.2 Å². The molecule has 2 aromatic carbocycles. The fraction of sp³-hybridized carbons (Fsp3) is 0.381. The number of rotatable bonds is 4. The minimum absolute atomic E-state index is 0.112. The number of halogens is 1. The fourth-order valence-corrected chi connectivity index (χ4v) is 5.14. The van der Waals surface area contributed by atoms with Gasteiger partial charge in [-0.1, -0.05) is 42.5 Å². The zero-order valence-corrected chi connectivity index (χ0v) is 15.4. The van der Waals surface area contributed by atoms with Crippen molar-refractivity contribution in [2.45, 2.75) is 41.5 Å². The summed E-state index contributed by atoms with van der Waals surface area (Å²) in [6, 6.07) is 17.0. The molecule has 0 radical (unpaired) electrons.